The summed E-state index contributed by atoms with van der Waals surface area (Å²) in [6.07, 6.45) is 3.25. The molecule has 3 aromatic rings. The van der Waals surface area contributed by atoms with Crippen molar-refractivity contribution in [2.24, 2.45) is 0 Å². The fraction of sp³-hybridized carbons (Fsp3) is 0.188. The van der Waals surface area contributed by atoms with Gasteiger partial charge < -0.3 is 9.42 Å². The third-order valence-electron chi connectivity index (χ3n) is 3.60. The predicted octanol–water partition coefficient (Wildman–Crippen LogP) is 2.76. The van der Waals surface area contributed by atoms with E-state index in [9.17, 15) is 17.2 Å². The lowest BCUT2D eigenvalue weighted by Gasteiger charge is -2.17. The van der Waals surface area contributed by atoms with Gasteiger partial charge in [-0.05, 0) is 36.4 Å². The van der Waals surface area contributed by atoms with Crippen LogP contribution < -0.4 is 4.90 Å². The van der Waals surface area contributed by atoms with Crippen molar-refractivity contribution in [2.45, 2.75) is 17.2 Å². The van der Waals surface area contributed by atoms with Gasteiger partial charge >= 0.3 is 5.76 Å². The molecule has 0 aliphatic rings. The zero-order valence-electron chi connectivity index (χ0n) is 13.6. The van der Waals surface area contributed by atoms with Crippen LogP contribution in [0.3, 0.4) is 0 Å². The van der Waals surface area contributed by atoms with Crippen molar-refractivity contribution < 1.29 is 21.7 Å². The summed E-state index contributed by atoms with van der Waals surface area (Å²) in [5.41, 5.74) is 1.33. The van der Waals surface area contributed by atoms with Crippen LogP contribution in [0.15, 0.2) is 58.2 Å². The lowest BCUT2D eigenvalue weighted by Crippen LogP contribution is -2.17. The molecular weight excluding hydrogens is 366 g/mol. The van der Waals surface area contributed by atoms with Gasteiger partial charge in [0.15, 0.2) is 0 Å². The number of hydrogen-bond acceptors (Lipinski definition) is 7. The van der Waals surface area contributed by atoms with Gasteiger partial charge in [0.25, 0.3) is 0 Å². The molecule has 0 amide bonds. The highest BCUT2D eigenvalue weighted by molar-refractivity contribution is 7.91. The van der Waals surface area contributed by atoms with Gasteiger partial charge in [0.1, 0.15) is 0 Å². The average Bonchev–Trinajstić information content (AvgIpc) is 3.11. The SMILES string of the molecule is CN(Cc1nc(-c2cccnc2)no1)c1ccc(S(=O)(=O)C(F)F)cc1. The number of aromatic nitrogens is 3. The van der Waals surface area contributed by atoms with Crippen molar-refractivity contribution in [3.05, 3.63) is 54.7 Å². The summed E-state index contributed by atoms with van der Waals surface area (Å²) < 4.78 is 53.2. The van der Waals surface area contributed by atoms with E-state index in [2.05, 4.69) is 15.1 Å². The van der Waals surface area contributed by atoms with Crippen molar-refractivity contribution >= 4 is 15.5 Å². The van der Waals surface area contributed by atoms with Gasteiger partial charge in [0.05, 0.1) is 11.4 Å². The highest BCUT2D eigenvalue weighted by Gasteiger charge is 2.26. The van der Waals surface area contributed by atoms with E-state index < -0.39 is 20.5 Å². The third-order valence-corrected chi connectivity index (χ3v) is 5.00. The van der Waals surface area contributed by atoms with E-state index in [0.717, 1.165) is 12.1 Å². The Hall–Kier alpha value is -2.88. The van der Waals surface area contributed by atoms with Crippen molar-refractivity contribution in [2.75, 3.05) is 11.9 Å². The molecule has 0 fully saturated rings. The van der Waals surface area contributed by atoms with Crippen molar-refractivity contribution in [1.29, 1.82) is 0 Å². The van der Waals surface area contributed by atoms with Crippen molar-refractivity contribution in [3.63, 3.8) is 0 Å². The highest BCUT2D eigenvalue weighted by atomic mass is 32.2. The van der Waals surface area contributed by atoms with Gasteiger partial charge in [-0.25, -0.2) is 8.42 Å². The molecule has 0 aliphatic heterocycles. The molecule has 2 heterocycles. The molecule has 0 N–H and O–H groups in total. The molecular formula is C16H14F2N4O3S. The summed E-state index contributed by atoms with van der Waals surface area (Å²) in [5, 5.41) is 3.88. The quantitative estimate of drug-likeness (QED) is 0.649. The number of nitrogens with zero attached hydrogens (tertiary/aromatic N) is 4. The standard InChI is InChI=1S/C16H14F2N4O3S/c1-22(12-4-6-13(7-5-12)26(23,24)16(17)18)10-14-20-15(21-25-14)11-3-2-8-19-9-11/h2-9,16H,10H2,1H3. The van der Waals surface area contributed by atoms with Crippen LogP contribution in [0.25, 0.3) is 11.4 Å². The summed E-state index contributed by atoms with van der Waals surface area (Å²) in [5.74, 6) is -2.70. The minimum absolute atomic E-state index is 0.258. The molecule has 0 unspecified atom stereocenters. The molecule has 0 atom stereocenters. The summed E-state index contributed by atoms with van der Waals surface area (Å²) >= 11 is 0. The van der Waals surface area contributed by atoms with Crippen LogP contribution in [0.4, 0.5) is 14.5 Å². The van der Waals surface area contributed by atoms with Gasteiger partial charge in [-0.2, -0.15) is 13.8 Å². The first-order valence-corrected chi connectivity index (χ1v) is 8.99. The number of halogens is 2. The van der Waals surface area contributed by atoms with Crippen LogP contribution in [0.1, 0.15) is 5.89 Å². The first kappa shape index (κ1) is 17.9. The molecule has 0 bridgehead atoms. The minimum atomic E-state index is -4.60. The molecule has 0 spiro atoms. The summed E-state index contributed by atoms with van der Waals surface area (Å²) in [6, 6.07) is 8.71. The topological polar surface area (TPSA) is 89.2 Å². The van der Waals surface area contributed by atoms with E-state index in [4.69, 9.17) is 4.52 Å². The number of rotatable bonds is 6. The lowest BCUT2D eigenvalue weighted by molar-refractivity contribution is 0.234. The molecule has 0 radical (unpaired) electrons. The monoisotopic (exact) mass is 380 g/mol. The minimum Gasteiger partial charge on any atom is -0.365 e. The van der Waals surface area contributed by atoms with Crippen LogP contribution in [-0.4, -0.2) is 36.3 Å². The second kappa shape index (κ2) is 7.16. The highest BCUT2D eigenvalue weighted by Crippen LogP contribution is 2.23. The Balaban J connectivity index is 1.73. The molecule has 1 aromatic carbocycles. The normalized spacial score (nSPS) is 11.7. The second-order valence-corrected chi connectivity index (χ2v) is 7.33. The van der Waals surface area contributed by atoms with E-state index in [1.54, 1.807) is 36.5 Å². The van der Waals surface area contributed by atoms with Gasteiger partial charge in [-0.1, -0.05) is 5.16 Å². The molecule has 26 heavy (non-hydrogen) atoms. The van der Waals surface area contributed by atoms with Gasteiger partial charge in [-0.3, -0.25) is 4.98 Å². The van der Waals surface area contributed by atoms with E-state index in [1.165, 1.54) is 12.1 Å². The first-order chi connectivity index (χ1) is 12.4. The van der Waals surface area contributed by atoms with Crippen LogP contribution >= 0.6 is 0 Å². The van der Waals surface area contributed by atoms with Crippen molar-refractivity contribution in [3.8, 4) is 11.4 Å². The molecule has 0 aliphatic carbocycles. The summed E-state index contributed by atoms with van der Waals surface area (Å²) in [4.78, 5) is 9.55. The number of anilines is 1. The average molecular weight is 380 g/mol. The van der Waals surface area contributed by atoms with Gasteiger partial charge in [-0.15, -0.1) is 0 Å². The fourth-order valence-corrected chi connectivity index (χ4v) is 2.94. The van der Waals surface area contributed by atoms with Crippen LogP contribution in [0.2, 0.25) is 0 Å². The Morgan fingerprint density at radius 3 is 2.54 bits per heavy atom. The largest absolute Gasteiger partial charge is 0.365 e. The number of pyridine rings is 1. The first-order valence-electron chi connectivity index (χ1n) is 7.44. The van der Waals surface area contributed by atoms with E-state index in [1.807, 2.05) is 0 Å². The number of alkyl halides is 2. The zero-order chi connectivity index (χ0) is 18.7. The van der Waals surface area contributed by atoms with Gasteiger partial charge in [0.2, 0.25) is 21.6 Å². The zero-order valence-corrected chi connectivity index (χ0v) is 14.4. The number of hydrogen-bond donors (Lipinski definition) is 0. The Labute approximate surface area is 148 Å². The lowest BCUT2D eigenvalue weighted by atomic mass is 10.3. The maximum absolute atomic E-state index is 12.6. The number of sulfone groups is 1. The molecule has 136 valence electrons. The molecule has 0 saturated heterocycles. The fourth-order valence-electron chi connectivity index (χ4n) is 2.22. The Morgan fingerprint density at radius 1 is 1.19 bits per heavy atom. The maximum atomic E-state index is 12.6. The van der Waals surface area contributed by atoms with Crippen molar-refractivity contribution in [1.82, 2.24) is 15.1 Å². The summed E-state index contributed by atoms with van der Waals surface area (Å²) in [6.45, 7) is 0.258. The van der Waals surface area contributed by atoms with Gasteiger partial charge in [0, 0.05) is 30.7 Å². The molecule has 3 rings (SSSR count). The summed E-state index contributed by atoms with van der Waals surface area (Å²) in [7, 11) is -2.88. The van der Waals surface area contributed by atoms with Crippen LogP contribution in [0, 0.1) is 0 Å². The Bertz CT molecular complexity index is 976. The Kier molecular flexibility index (Phi) is 4.94. The molecule has 7 nitrogen and oxygen atoms in total. The van der Waals surface area contributed by atoms with E-state index >= 15 is 0 Å². The predicted molar refractivity (Wildman–Crippen MR) is 89.3 cm³/mol. The van der Waals surface area contributed by atoms with Crippen LogP contribution in [-0.2, 0) is 16.4 Å². The smallest absolute Gasteiger partial charge is 0.341 e. The number of benzene rings is 1. The third kappa shape index (κ3) is 3.69. The Morgan fingerprint density at radius 2 is 1.92 bits per heavy atom. The molecule has 10 heteroatoms. The van der Waals surface area contributed by atoms with E-state index in [0.29, 0.717) is 23.0 Å². The van der Waals surface area contributed by atoms with Crippen LogP contribution in [0.5, 0.6) is 0 Å². The second-order valence-electron chi connectivity index (χ2n) is 5.41. The van der Waals surface area contributed by atoms with E-state index in [-0.39, 0.29) is 6.54 Å². The molecule has 2 aromatic heterocycles. The molecule has 0 saturated carbocycles. The maximum Gasteiger partial charge on any atom is 0.341 e.